The molecule has 5 atom stereocenters. The number of aliphatic hydroxyl groups is 2. The lowest BCUT2D eigenvalue weighted by Gasteiger charge is -2.25. The average molecular weight is 344 g/mol. The van der Waals surface area contributed by atoms with Crippen LogP contribution in [-0.4, -0.2) is 35.6 Å². The van der Waals surface area contributed by atoms with Crippen molar-refractivity contribution in [1.82, 2.24) is 0 Å². The Morgan fingerprint density at radius 1 is 1.28 bits per heavy atom. The summed E-state index contributed by atoms with van der Waals surface area (Å²) in [5.74, 6) is 0.868. The fourth-order valence-electron chi connectivity index (χ4n) is 3.94. The van der Waals surface area contributed by atoms with Gasteiger partial charge in [0.2, 0.25) is 0 Å². The van der Waals surface area contributed by atoms with Crippen molar-refractivity contribution in [2.75, 3.05) is 13.2 Å². The fraction of sp³-hybridized carbons (Fsp3) is 0.524. The third kappa shape index (κ3) is 4.51. The van der Waals surface area contributed by atoms with Crippen LogP contribution in [0, 0.1) is 11.8 Å². The van der Waals surface area contributed by atoms with Crippen LogP contribution in [0.25, 0.3) is 0 Å². The number of fused-ring (bicyclic) bond motifs is 2. The zero-order chi connectivity index (χ0) is 17.6. The fourth-order valence-corrected chi connectivity index (χ4v) is 3.94. The predicted molar refractivity (Wildman–Crippen MR) is 97.2 cm³/mol. The van der Waals surface area contributed by atoms with Crippen LogP contribution >= 0.6 is 0 Å². The molecule has 2 bridgehead atoms. The van der Waals surface area contributed by atoms with Gasteiger partial charge in [0, 0.05) is 24.9 Å². The number of benzene rings is 1. The van der Waals surface area contributed by atoms with Crippen LogP contribution in [0.2, 0.25) is 0 Å². The Hall–Kier alpha value is -1.62. The minimum Gasteiger partial charge on any atom is -0.513 e. The van der Waals surface area contributed by atoms with Crippen molar-refractivity contribution >= 4 is 0 Å². The molecule has 2 N–H and O–H groups in total. The number of allylic oxidation sites excluding steroid dienone is 1. The van der Waals surface area contributed by atoms with Crippen LogP contribution in [0.1, 0.15) is 37.9 Å². The monoisotopic (exact) mass is 344 g/mol. The van der Waals surface area contributed by atoms with Crippen LogP contribution in [0.4, 0.5) is 0 Å². The highest BCUT2D eigenvalue weighted by Gasteiger charge is 2.47. The summed E-state index contributed by atoms with van der Waals surface area (Å²) >= 11 is 0. The number of ether oxygens (including phenoxy) is 2. The molecule has 1 aromatic rings. The number of hydrogen-bond acceptors (Lipinski definition) is 4. The Morgan fingerprint density at radius 3 is 2.80 bits per heavy atom. The Labute approximate surface area is 149 Å². The van der Waals surface area contributed by atoms with Gasteiger partial charge >= 0.3 is 0 Å². The molecule has 0 saturated carbocycles. The van der Waals surface area contributed by atoms with E-state index in [0.717, 1.165) is 18.4 Å². The van der Waals surface area contributed by atoms with Gasteiger partial charge in [0.1, 0.15) is 0 Å². The molecule has 1 unspecified atom stereocenters. The molecule has 2 saturated heterocycles. The van der Waals surface area contributed by atoms with Gasteiger partial charge < -0.3 is 19.7 Å². The molecule has 0 radical (unpaired) electrons. The van der Waals surface area contributed by atoms with Gasteiger partial charge in [-0.05, 0) is 31.4 Å². The van der Waals surface area contributed by atoms with Crippen molar-refractivity contribution < 1.29 is 19.7 Å². The van der Waals surface area contributed by atoms with Crippen molar-refractivity contribution in [3.63, 3.8) is 0 Å². The van der Waals surface area contributed by atoms with E-state index in [9.17, 15) is 10.2 Å². The Bertz CT molecular complexity index is 595. The Morgan fingerprint density at radius 2 is 2.04 bits per heavy atom. The smallest absolute Gasteiger partial charge is 0.0971 e. The molecule has 0 aromatic heterocycles. The largest absolute Gasteiger partial charge is 0.513 e. The quantitative estimate of drug-likeness (QED) is 0.426. The summed E-state index contributed by atoms with van der Waals surface area (Å²) < 4.78 is 11.3. The molecular weight excluding hydrogens is 316 g/mol. The second-order valence-electron chi connectivity index (χ2n) is 6.83. The van der Waals surface area contributed by atoms with Gasteiger partial charge in [0.25, 0.3) is 0 Å². The van der Waals surface area contributed by atoms with Gasteiger partial charge in [0.05, 0.1) is 30.7 Å². The zero-order valence-electron chi connectivity index (χ0n) is 14.8. The highest BCUT2D eigenvalue weighted by atomic mass is 16.5. The summed E-state index contributed by atoms with van der Waals surface area (Å²) in [6.45, 7) is 3.02. The van der Waals surface area contributed by atoms with Gasteiger partial charge in [-0.2, -0.15) is 0 Å². The molecule has 4 nitrogen and oxygen atoms in total. The van der Waals surface area contributed by atoms with Gasteiger partial charge in [-0.15, -0.1) is 0 Å². The van der Waals surface area contributed by atoms with Crippen molar-refractivity contribution in [2.24, 2.45) is 11.8 Å². The van der Waals surface area contributed by atoms with E-state index in [-0.39, 0.29) is 24.0 Å². The van der Waals surface area contributed by atoms with Crippen molar-refractivity contribution in [3.8, 4) is 0 Å². The van der Waals surface area contributed by atoms with E-state index in [2.05, 4.69) is 6.08 Å². The van der Waals surface area contributed by atoms with Crippen LogP contribution in [0.5, 0.6) is 0 Å². The molecule has 0 amide bonds. The highest BCUT2D eigenvalue weighted by molar-refractivity contribution is 5.22. The van der Waals surface area contributed by atoms with Crippen LogP contribution in [-0.2, 0) is 9.47 Å². The summed E-state index contributed by atoms with van der Waals surface area (Å²) in [7, 11) is 0. The SMILES string of the molecule is CCOC/C=C(/O)C[C@@H]1[C@H](/C=C/C(O)c2ccccc2)[C@@H]2CC[C@H]1O2. The number of rotatable bonds is 8. The second kappa shape index (κ2) is 8.65. The first-order chi connectivity index (χ1) is 12.2. The number of hydrogen-bond donors (Lipinski definition) is 2. The maximum atomic E-state index is 10.4. The Balaban J connectivity index is 1.64. The molecule has 25 heavy (non-hydrogen) atoms. The average Bonchev–Trinajstić information content (AvgIpc) is 3.22. The van der Waals surface area contributed by atoms with Gasteiger partial charge in [-0.25, -0.2) is 0 Å². The molecule has 2 aliphatic rings. The zero-order valence-corrected chi connectivity index (χ0v) is 14.8. The van der Waals surface area contributed by atoms with Crippen molar-refractivity contribution in [1.29, 1.82) is 0 Å². The lowest BCUT2D eigenvalue weighted by atomic mass is 9.76. The summed E-state index contributed by atoms with van der Waals surface area (Å²) in [5, 5.41) is 20.5. The van der Waals surface area contributed by atoms with E-state index in [4.69, 9.17) is 9.47 Å². The number of aliphatic hydroxyl groups excluding tert-OH is 2. The molecule has 1 aromatic carbocycles. The molecule has 136 valence electrons. The minimum absolute atomic E-state index is 0.203. The molecule has 4 heteroatoms. The highest BCUT2D eigenvalue weighted by Crippen LogP contribution is 2.46. The van der Waals surface area contributed by atoms with Gasteiger partial charge in [-0.1, -0.05) is 42.5 Å². The molecule has 0 spiro atoms. The lowest BCUT2D eigenvalue weighted by molar-refractivity contribution is 0.0882. The maximum Gasteiger partial charge on any atom is 0.0971 e. The van der Waals surface area contributed by atoms with Gasteiger partial charge in [0.15, 0.2) is 0 Å². The van der Waals surface area contributed by atoms with E-state index in [0.29, 0.717) is 25.4 Å². The van der Waals surface area contributed by atoms with Gasteiger partial charge in [-0.3, -0.25) is 0 Å². The van der Waals surface area contributed by atoms with E-state index in [1.807, 2.05) is 43.3 Å². The third-order valence-corrected chi connectivity index (χ3v) is 5.23. The van der Waals surface area contributed by atoms with E-state index < -0.39 is 6.10 Å². The van der Waals surface area contributed by atoms with E-state index in [1.54, 1.807) is 6.08 Å². The molecule has 2 heterocycles. The Kier molecular flexibility index (Phi) is 6.29. The van der Waals surface area contributed by atoms with Crippen molar-refractivity contribution in [3.05, 3.63) is 59.9 Å². The summed E-state index contributed by atoms with van der Waals surface area (Å²) in [5.41, 5.74) is 0.888. The third-order valence-electron chi connectivity index (χ3n) is 5.23. The normalized spacial score (nSPS) is 30.2. The lowest BCUT2D eigenvalue weighted by Crippen LogP contribution is -2.26. The standard InChI is InChI=1S/C21H28O4/c1-2-24-13-12-16(22)14-18-17(20-10-11-21(18)25-20)8-9-19(23)15-6-4-3-5-7-15/h3-9,12,17-23H,2,10-11,13-14H2,1H3/b9-8+,16-12+/t17-,18+,19?,20-,21+/m0/s1. The van der Waals surface area contributed by atoms with Crippen molar-refractivity contribution in [2.45, 2.75) is 44.5 Å². The van der Waals surface area contributed by atoms with E-state index in [1.165, 1.54) is 0 Å². The summed E-state index contributed by atoms with van der Waals surface area (Å²) in [6.07, 6.45) is 8.20. The second-order valence-corrected chi connectivity index (χ2v) is 6.83. The molecule has 2 fully saturated rings. The minimum atomic E-state index is -0.608. The van der Waals surface area contributed by atoms with Crippen LogP contribution < -0.4 is 0 Å². The first-order valence-corrected chi connectivity index (χ1v) is 9.21. The topological polar surface area (TPSA) is 58.9 Å². The molecule has 2 aliphatic heterocycles. The molecular formula is C21H28O4. The molecule has 3 rings (SSSR count). The summed E-state index contributed by atoms with van der Waals surface area (Å²) in [6, 6.07) is 9.64. The first kappa shape index (κ1) is 18.2. The predicted octanol–water partition coefficient (Wildman–Crippen LogP) is 3.94. The maximum absolute atomic E-state index is 10.4. The summed E-state index contributed by atoms with van der Waals surface area (Å²) in [4.78, 5) is 0. The van der Waals surface area contributed by atoms with Crippen LogP contribution in [0.3, 0.4) is 0 Å². The van der Waals surface area contributed by atoms with Crippen LogP contribution in [0.15, 0.2) is 54.3 Å². The molecule has 0 aliphatic carbocycles. The first-order valence-electron chi connectivity index (χ1n) is 9.21. The van der Waals surface area contributed by atoms with E-state index >= 15 is 0 Å².